The zero-order valence-electron chi connectivity index (χ0n) is 13.7. The third-order valence-electron chi connectivity index (χ3n) is 4.23. The van der Waals surface area contributed by atoms with Crippen LogP contribution in [-0.4, -0.2) is 39.8 Å². The normalized spacial score (nSPS) is 16.8. The highest BCUT2D eigenvalue weighted by molar-refractivity contribution is 5.90. The molecule has 26 heavy (non-hydrogen) atoms. The molecule has 1 saturated heterocycles. The fourth-order valence-electron chi connectivity index (χ4n) is 2.85. The quantitative estimate of drug-likeness (QED) is 0.778. The van der Waals surface area contributed by atoms with Gasteiger partial charge in [-0.25, -0.2) is 19.2 Å². The third-order valence-corrected chi connectivity index (χ3v) is 4.23. The highest BCUT2D eigenvalue weighted by Gasteiger charge is 2.31. The summed E-state index contributed by atoms with van der Waals surface area (Å²) in [6.45, 7) is 0.549. The number of hydrogen-bond donors (Lipinski definition) is 1. The van der Waals surface area contributed by atoms with Gasteiger partial charge in [0.2, 0.25) is 0 Å². The highest BCUT2D eigenvalue weighted by atomic mass is 19.1. The predicted octanol–water partition coefficient (Wildman–Crippen LogP) is 2.36. The number of nitrogens with zero attached hydrogens (tertiary/aromatic N) is 4. The largest absolute Gasteiger partial charge is 0.443 e. The first kappa shape index (κ1) is 16.2. The lowest BCUT2D eigenvalue weighted by atomic mass is 10.1. The van der Waals surface area contributed by atoms with Crippen LogP contribution in [0, 0.1) is 5.82 Å². The van der Waals surface area contributed by atoms with Crippen LogP contribution < -0.4 is 10.6 Å². The summed E-state index contributed by atoms with van der Waals surface area (Å²) in [6.07, 6.45) is 5.79. The van der Waals surface area contributed by atoms with Gasteiger partial charge < -0.3 is 10.5 Å². The number of benzene rings is 1. The molecule has 3 heterocycles. The molecule has 0 spiro atoms. The summed E-state index contributed by atoms with van der Waals surface area (Å²) in [7, 11) is 0. The molecule has 0 aliphatic carbocycles. The van der Waals surface area contributed by atoms with Crippen molar-refractivity contribution in [1.82, 2.24) is 14.5 Å². The van der Waals surface area contributed by atoms with Crippen molar-refractivity contribution < 1.29 is 13.9 Å². The lowest BCUT2D eigenvalue weighted by Gasteiger charge is -2.14. The second kappa shape index (κ2) is 6.57. The minimum atomic E-state index is -0.515. The molecular formula is C18H16FN5O2. The van der Waals surface area contributed by atoms with Gasteiger partial charge in [-0.2, -0.15) is 0 Å². The summed E-state index contributed by atoms with van der Waals surface area (Å²) in [5.74, 6) is 0.250. The van der Waals surface area contributed by atoms with Gasteiger partial charge in [-0.3, -0.25) is 9.47 Å². The van der Waals surface area contributed by atoms with Crippen molar-refractivity contribution in [2.45, 2.75) is 6.10 Å². The molecule has 8 heteroatoms. The number of carbonyl (C=O) groups is 1. The molecule has 132 valence electrons. The van der Waals surface area contributed by atoms with Crippen LogP contribution in [0.3, 0.4) is 0 Å². The van der Waals surface area contributed by atoms with E-state index in [9.17, 15) is 9.18 Å². The standard InChI is InChI=1S/C18H16FN5O2/c19-16-7-13(24-10-14(8-20)26-18(24)25)2-3-15(16)12-1-4-17(22-9-12)23-6-5-21-11-23/h1-7,9,11,14H,8,10,20H2/t14-/m0/s1. The molecule has 0 radical (unpaired) electrons. The van der Waals surface area contributed by atoms with Gasteiger partial charge >= 0.3 is 6.09 Å². The molecule has 1 fully saturated rings. The van der Waals surface area contributed by atoms with Gasteiger partial charge in [0.1, 0.15) is 24.1 Å². The van der Waals surface area contributed by atoms with Crippen LogP contribution in [0.2, 0.25) is 0 Å². The maximum Gasteiger partial charge on any atom is 0.414 e. The van der Waals surface area contributed by atoms with E-state index in [2.05, 4.69) is 9.97 Å². The van der Waals surface area contributed by atoms with Crippen LogP contribution in [0.25, 0.3) is 16.9 Å². The number of amides is 1. The number of aromatic nitrogens is 3. The molecule has 0 saturated carbocycles. The Morgan fingerprint density at radius 1 is 1.31 bits per heavy atom. The molecule has 2 aromatic heterocycles. The molecule has 1 atom stereocenters. The minimum absolute atomic E-state index is 0.234. The molecule has 1 aliphatic rings. The molecule has 1 aromatic carbocycles. The van der Waals surface area contributed by atoms with Crippen molar-refractivity contribution in [3.8, 4) is 16.9 Å². The minimum Gasteiger partial charge on any atom is -0.443 e. The van der Waals surface area contributed by atoms with Gasteiger partial charge in [0, 0.05) is 36.3 Å². The lowest BCUT2D eigenvalue weighted by Crippen LogP contribution is -2.27. The Morgan fingerprint density at radius 2 is 2.19 bits per heavy atom. The fourth-order valence-corrected chi connectivity index (χ4v) is 2.85. The molecule has 7 nitrogen and oxygen atoms in total. The second-order valence-corrected chi connectivity index (χ2v) is 5.89. The number of cyclic esters (lactones) is 1. The maximum atomic E-state index is 14.6. The molecule has 4 rings (SSSR count). The van der Waals surface area contributed by atoms with Crippen LogP contribution >= 0.6 is 0 Å². The Balaban J connectivity index is 1.59. The van der Waals surface area contributed by atoms with Crippen LogP contribution in [0.4, 0.5) is 14.9 Å². The van der Waals surface area contributed by atoms with E-state index in [0.717, 1.165) is 0 Å². The van der Waals surface area contributed by atoms with Gasteiger partial charge in [-0.15, -0.1) is 0 Å². The van der Waals surface area contributed by atoms with Crippen molar-refractivity contribution in [2.75, 3.05) is 18.0 Å². The summed E-state index contributed by atoms with van der Waals surface area (Å²) in [6, 6.07) is 8.20. The van der Waals surface area contributed by atoms with Crippen LogP contribution in [0.5, 0.6) is 0 Å². The number of imidazole rings is 1. The van der Waals surface area contributed by atoms with E-state index in [1.165, 1.54) is 11.0 Å². The summed E-state index contributed by atoms with van der Waals surface area (Å²) in [5, 5.41) is 0. The topological polar surface area (TPSA) is 86.3 Å². The number of carbonyl (C=O) groups excluding carboxylic acids is 1. The van der Waals surface area contributed by atoms with Crippen molar-refractivity contribution in [2.24, 2.45) is 5.73 Å². The van der Waals surface area contributed by atoms with Gasteiger partial charge in [0.05, 0.1) is 12.2 Å². The molecule has 3 aromatic rings. The number of ether oxygens (including phenoxy) is 1. The van der Waals surface area contributed by atoms with E-state index in [4.69, 9.17) is 10.5 Å². The first-order chi connectivity index (χ1) is 12.7. The van der Waals surface area contributed by atoms with Gasteiger partial charge in [0.15, 0.2) is 0 Å². The van der Waals surface area contributed by atoms with Gasteiger partial charge in [-0.05, 0) is 30.3 Å². The second-order valence-electron chi connectivity index (χ2n) is 5.89. The summed E-state index contributed by atoms with van der Waals surface area (Å²) >= 11 is 0. The van der Waals surface area contributed by atoms with Crippen molar-refractivity contribution in [3.05, 3.63) is 61.1 Å². The van der Waals surface area contributed by atoms with Gasteiger partial charge in [-0.1, -0.05) is 0 Å². The number of pyridine rings is 1. The molecule has 0 bridgehead atoms. The summed E-state index contributed by atoms with van der Waals surface area (Å²) in [4.78, 5) is 21.5. The number of nitrogens with two attached hydrogens (primary N) is 1. The Labute approximate surface area is 148 Å². The number of halogens is 1. The van der Waals surface area contributed by atoms with E-state index in [-0.39, 0.29) is 12.6 Å². The number of hydrogen-bond acceptors (Lipinski definition) is 5. The molecule has 0 unspecified atom stereocenters. The Morgan fingerprint density at radius 3 is 2.81 bits per heavy atom. The van der Waals surface area contributed by atoms with E-state index >= 15 is 0 Å². The SMILES string of the molecule is NC[C@H]1CN(c2ccc(-c3ccc(-n4ccnc4)nc3)c(F)c2)C(=O)O1. The van der Waals surface area contributed by atoms with Crippen molar-refractivity contribution >= 4 is 11.8 Å². The average molecular weight is 353 g/mol. The third kappa shape index (κ3) is 2.91. The van der Waals surface area contributed by atoms with E-state index in [1.54, 1.807) is 53.8 Å². The molecular weight excluding hydrogens is 337 g/mol. The van der Waals surface area contributed by atoms with Crippen molar-refractivity contribution in [3.63, 3.8) is 0 Å². The first-order valence-electron chi connectivity index (χ1n) is 8.08. The highest BCUT2D eigenvalue weighted by Crippen LogP contribution is 2.29. The fraction of sp³-hybridized carbons (Fsp3) is 0.167. The number of rotatable bonds is 4. The molecule has 1 aliphatic heterocycles. The van der Waals surface area contributed by atoms with Crippen LogP contribution in [-0.2, 0) is 4.74 Å². The molecule has 2 N–H and O–H groups in total. The van der Waals surface area contributed by atoms with E-state index in [0.29, 0.717) is 29.2 Å². The maximum absolute atomic E-state index is 14.6. The smallest absolute Gasteiger partial charge is 0.414 e. The van der Waals surface area contributed by atoms with Crippen LogP contribution in [0.1, 0.15) is 0 Å². The van der Waals surface area contributed by atoms with Gasteiger partial charge in [0.25, 0.3) is 0 Å². The Kier molecular flexibility index (Phi) is 4.10. The summed E-state index contributed by atoms with van der Waals surface area (Å²) in [5.41, 5.74) is 7.01. The Bertz CT molecular complexity index is 927. The van der Waals surface area contributed by atoms with E-state index in [1.807, 2.05) is 0 Å². The zero-order chi connectivity index (χ0) is 18.1. The zero-order valence-corrected chi connectivity index (χ0v) is 13.7. The molecule has 1 amide bonds. The van der Waals surface area contributed by atoms with Crippen molar-refractivity contribution in [1.29, 1.82) is 0 Å². The predicted molar refractivity (Wildman–Crippen MR) is 93.4 cm³/mol. The first-order valence-corrected chi connectivity index (χ1v) is 8.08. The van der Waals surface area contributed by atoms with E-state index < -0.39 is 11.9 Å². The monoisotopic (exact) mass is 353 g/mol. The lowest BCUT2D eigenvalue weighted by molar-refractivity contribution is 0.145. The Hall–Kier alpha value is -3.26. The van der Waals surface area contributed by atoms with Crippen LogP contribution in [0.15, 0.2) is 55.2 Å². The number of anilines is 1. The summed E-state index contributed by atoms with van der Waals surface area (Å²) < 4.78 is 21.5. The average Bonchev–Trinajstić information content (AvgIpc) is 3.31.